The second-order valence-corrected chi connectivity index (χ2v) is 5.99. The van der Waals surface area contributed by atoms with Crippen LogP contribution >= 0.6 is 15.9 Å². The number of hydrogen-bond donors (Lipinski definition) is 1. The topological polar surface area (TPSA) is 49.4 Å². The summed E-state index contributed by atoms with van der Waals surface area (Å²) in [5, 5.41) is 2.71. The van der Waals surface area contributed by atoms with Crippen molar-refractivity contribution in [2.24, 2.45) is 0 Å². The summed E-state index contributed by atoms with van der Waals surface area (Å²) in [6.45, 7) is 1.35. The van der Waals surface area contributed by atoms with Gasteiger partial charge in [0.15, 0.2) is 11.6 Å². The Kier molecular flexibility index (Phi) is 6.03. The molecule has 0 aliphatic carbocycles. The molecule has 0 heterocycles. The molecule has 2 rings (SSSR count). The van der Waals surface area contributed by atoms with Crippen LogP contribution in [0.1, 0.15) is 13.3 Å². The zero-order valence-corrected chi connectivity index (χ0v) is 14.4. The molecule has 0 aliphatic heterocycles. The van der Waals surface area contributed by atoms with Crippen LogP contribution in [0.3, 0.4) is 0 Å². The van der Waals surface area contributed by atoms with Gasteiger partial charge in [-0.3, -0.25) is 9.59 Å². The van der Waals surface area contributed by atoms with E-state index in [0.29, 0.717) is 5.69 Å². The Balaban J connectivity index is 2.02. The Hall–Kier alpha value is -2.28. The van der Waals surface area contributed by atoms with Gasteiger partial charge in [-0.25, -0.2) is 8.78 Å². The van der Waals surface area contributed by atoms with E-state index in [4.69, 9.17) is 0 Å². The summed E-state index contributed by atoms with van der Waals surface area (Å²) >= 11 is 3.31. The lowest BCUT2D eigenvalue weighted by Crippen LogP contribution is -2.32. The van der Waals surface area contributed by atoms with Crippen molar-refractivity contribution < 1.29 is 18.4 Å². The minimum Gasteiger partial charge on any atom is -0.326 e. The number of hydrogen-bond acceptors (Lipinski definition) is 2. The third kappa shape index (κ3) is 4.86. The molecule has 1 N–H and O–H groups in total. The Bertz CT molecular complexity index is 768. The van der Waals surface area contributed by atoms with Crippen molar-refractivity contribution in [3.05, 3.63) is 58.6 Å². The standard InChI is InChI=1S/C17H15BrF2N2O2/c1-11(23)22(14-5-6-15(19)16(20)10-14)8-7-17(24)21-13-4-2-3-12(18)9-13/h2-6,9-10H,7-8H2,1H3,(H,21,24). The van der Waals surface area contributed by atoms with Gasteiger partial charge in [0, 0.05) is 41.8 Å². The van der Waals surface area contributed by atoms with Crippen LogP contribution in [-0.2, 0) is 9.59 Å². The number of carbonyl (C=O) groups is 2. The molecule has 0 spiro atoms. The summed E-state index contributed by atoms with van der Waals surface area (Å²) < 4.78 is 27.2. The Morgan fingerprint density at radius 3 is 2.50 bits per heavy atom. The Morgan fingerprint density at radius 1 is 1.12 bits per heavy atom. The smallest absolute Gasteiger partial charge is 0.226 e. The molecule has 2 aromatic rings. The van der Waals surface area contributed by atoms with E-state index in [0.717, 1.165) is 16.6 Å². The fourth-order valence-electron chi connectivity index (χ4n) is 2.12. The molecular weight excluding hydrogens is 382 g/mol. The molecule has 0 bridgehead atoms. The van der Waals surface area contributed by atoms with Crippen LogP contribution in [0.25, 0.3) is 0 Å². The van der Waals surface area contributed by atoms with E-state index in [9.17, 15) is 18.4 Å². The lowest BCUT2D eigenvalue weighted by atomic mass is 10.2. The van der Waals surface area contributed by atoms with Crippen LogP contribution in [0, 0.1) is 11.6 Å². The zero-order chi connectivity index (χ0) is 17.7. The van der Waals surface area contributed by atoms with Gasteiger partial charge < -0.3 is 10.2 Å². The maximum absolute atomic E-state index is 13.3. The van der Waals surface area contributed by atoms with Crippen molar-refractivity contribution in [2.75, 3.05) is 16.8 Å². The van der Waals surface area contributed by atoms with Crippen LogP contribution < -0.4 is 10.2 Å². The molecule has 7 heteroatoms. The molecule has 4 nitrogen and oxygen atoms in total. The minimum absolute atomic E-state index is 0.0189. The molecule has 0 fully saturated rings. The highest BCUT2D eigenvalue weighted by Crippen LogP contribution is 2.19. The summed E-state index contributed by atoms with van der Waals surface area (Å²) in [5.74, 6) is -2.69. The van der Waals surface area contributed by atoms with Gasteiger partial charge in [0.05, 0.1) is 0 Å². The predicted molar refractivity (Wildman–Crippen MR) is 91.8 cm³/mol. The molecule has 0 unspecified atom stereocenters. The highest BCUT2D eigenvalue weighted by Gasteiger charge is 2.15. The number of halogens is 3. The Labute approximate surface area is 146 Å². The second kappa shape index (κ2) is 8.01. The summed E-state index contributed by atoms with van der Waals surface area (Å²) in [4.78, 5) is 25.0. The fraction of sp³-hybridized carbons (Fsp3) is 0.176. The maximum Gasteiger partial charge on any atom is 0.226 e. The van der Waals surface area contributed by atoms with E-state index in [1.165, 1.54) is 17.9 Å². The summed E-state index contributed by atoms with van der Waals surface area (Å²) in [6.07, 6.45) is 0.0189. The second-order valence-electron chi connectivity index (χ2n) is 5.08. The van der Waals surface area contributed by atoms with E-state index in [1.807, 2.05) is 6.07 Å². The first-order chi connectivity index (χ1) is 11.4. The lowest BCUT2D eigenvalue weighted by molar-refractivity contribution is -0.117. The molecule has 0 atom stereocenters. The van der Waals surface area contributed by atoms with Gasteiger partial charge in [-0.1, -0.05) is 22.0 Å². The van der Waals surface area contributed by atoms with E-state index in [1.54, 1.807) is 18.2 Å². The van der Waals surface area contributed by atoms with Crippen LogP contribution in [0.15, 0.2) is 46.9 Å². The quantitative estimate of drug-likeness (QED) is 0.826. The van der Waals surface area contributed by atoms with Gasteiger partial charge >= 0.3 is 0 Å². The van der Waals surface area contributed by atoms with Crippen molar-refractivity contribution in [1.29, 1.82) is 0 Å². The highest BCUT2D eigenvalue weighted by atomic mass is 79.9. The van der Waals surface area contributed by atoms with Gasteiger partial charge in [0.2, 0.25) is 11.8 Å². The number of benzene rings is 2. The predicted octanol–water partition coefficient (Wildman–Crippen LogP) is 4.11. The highest BCUT2D eigenvalue weighted by molar-refractivity contribution is 9.10. The molecule has 0 saturated heterocycles. The van der Waals surface area contributed by atoms with E-state index in [2.05, 4.69) is 21.2 Å². The van der Waals surface area contributed by atoms with Gasteiger partial charge in [-0.05, 0) is 30.3 Å². The van der Waals surface area contributed by atoms with Crippen LogP contribution in [0.2, 0.25) is 0 Å². The van der Waals surface area contributed by atoms with Crippen molar-refractivity contribution >= 4 is 39.1 Å². The van der Waals surface area contributed by atoms with Gasteiger partial charge in [0.1, 0.15) is 0 Å². The number of nitrogens with one attached hydrogen (secondary N) is 1. The lowest BCUT2D eigenvalue weighted by Gasteiger charge is -2.21. The number of carbonyl (C=O) groups excluding carboxylic acids is 2. The molecule has 2 aromatic carbocycles. The first-order valence-electron chi connectivity index (χ1n) is 7.15. The van der Waals surface area contributed by atoms with Crippen LogP contribution in [-0.4, -0.2) is 18.4 Å². The number of amides is 2. The monoisotopic (exact) mass is 396 g/mol. The van der Waals surface area contributed by atoms with Crippen molar-refractivity contribution in [3.63, 3.8) is 0 Å². The van der Waals surface area contributed by atoms with Gasteiger partial charge in [-0.15, -0.1) is 0 Å². The molecule has 24 heavy (non-hydrogen) atoms. The Morgan fingerprint density at radius 2 is 1.88 bits per heavy atom. The molecule has 2 amide bonds. The third-order valence-corrected chi connectivity index (χ3v) is 3.76. The minimum atomic E-state index is -1.04. The molecule has 126 valence electrons. The zero-order valence-electron chi connectivity index (χ0n) is 12.9. The van der Waals surface area contributed by atoms with E-state index < -0.39 is 11.6 Å². The number of anilines is 2. The summed E-state index contributed by atoms with van der Waals surface area (Å²) in [7, 11) is 0. The van der Waals surface area contributed by atoms with Gasteiger partial charge in [0.25, 0.3) is 0 Å². The average Bonchev–Trinajstić information content (AvgIpc) is 2.50. The SMILES string of the molecule is CC(=O)N(CCC(=O)Nc1cccc(Br)c1)c1ccc(F)c(F)c1. The van der Waals surface area contributed by atoms with Crippen molar-refractivity contribution in [3.8, 4) is 0 Å². The van der Waals surface area contributed by atoms with Crippen LogP contribution in [0.4, 0.5) is 20.2 Å². The molecule has 0 radical (unpaired) electrons. The van der Waals surface area contributed by atoms with Gasteiger partial charge in [-0.2, -0.15) is 0 Å². The van der Waals surface area contributed by atoms with Crippen molar-refractivity contribution in [2.45, 2.75) is 13.3 Å². The van der Waals surface area contributed by atoms with E-state index >= 15 is 0 Å². The average molecular weight is 397 g/mol. The molecular formula is C17H15BrF2N2O2. The third-order valence-electron chi connectivity index (χ3n) is 3.27. The number of nitrogens with zero attached hydrogens (tertiary/aromatic N) is 1. The molecule has 0 aliphatic rings. The van der Waals surface area contributed by atoms with Crippen molar-refractivity contribution in [1.82, 2.24) is 0 Å². The summed E-state index contributed by atoms with van der Waals surface area (Å²) in [5.41, 5.74) is 0.827. The maximum atomic E-state index is 13.3. The normalized spacial score (nSPS) is 10.3. The largest absolute Gasteiger partial charge is 0.326 e. The summed E-state index contributed by atoms with van der Waals surface area (Å²) in [6, 6.07) is 10.3. The molecule has 0 saturated carbocycles. The first-order valence-corrected chi connectivity index (χ1v) is 7.94. The number of rotatable bonds is 5. The van der Waals surface area contributed by atoms with E-state index in [-0.39, 0.29) is 30.5 Å². The van der Waals surface area contributed by atoms with Crippen LogP contribution in [0.5, 0.6) is 0 Å². The first kappa shape index (κ1) is 18.1. The fourth-order valence-corrected chi connectivity index (χ4v) is 2.52. The molecule has 0 aromatic heterocycles.